The van der Waals surface area contributed by atoms with Gasteiger partial charge >= 0.3 is 0 Å². The van der Waals surface area contributed by atoms with Crippen molar-refractivity contribution in [2.45, 2.75) is 0 Å². The number of fused-ring (bicyclic) bond motifs is 1. The highest BCUT2D eigenvalue weighted by Crippen LogP contribution is 2.33. The van der Waals surface area contributed by atoms with Crippen LogP contribution < -0.4 is 11.3 Å². The fraction of sp³-hybridized carbons (Fsp3) is 0. The molecule has 12 heavy (non-hydrogen) atoms. The lowest BCUT2D eigenvalue weighted by molar-refractivity contribution is 1.18. The Balaban J connectivity index is 3.07. The number of hydrogen-bond acceptors (Lipinski definition) is 4. The van der Waals surface area contributed by atoms with Crippen LogP contribution in [-0.2, 0) is 0 Å². The lowest BCUT2D eigenvalue weighted by Gasteiger charge is -1.86. The highest BCUT2D eigenvalue weighted by molar-refractivity contribution is 9.10. The predicted molar refractivity (Wildman–Crippen MR) is 52.4 cm³/mol. The minimum atomic E-state index is -0.167. The van der Waals surface area contributed by atoms with Crippen LogP contribution in [0.2, 0.25) is 0 Å². The Morgan fingerprint density at radius 1 is 1.67 bits per heavy atom. The zero-order valence-corrected chi connectivity index (χ0v) is 8.20. The van der Waals surface area contributed by atoms with Crippen LogP contribution in [0.15, 0.2) is 15.6 Å². The van der Waals surface area contributed by atoms with Crippen LogP contribution in [0.3, 0.4) is 0 Å². The maximum absolute atomic E-state index is 11.2. The summed E-state index contributed by atoms with van der Waals surface area (Å²) in [6, 6.07) is 0. The monoisotopic (exact) mass is 245 g/mol. The van der Waals surface area contributed by atoms with Crippen LogP contribution in [0.1, 0.15) is 0 Å². The highest BCUT2D eigenvalue weighted by Gasteiger charge is 2.10. The number of hydrogen-bond donors (Lipinski definition) is 2. The van der Waals surface area contributed by atoms with Crippen molar-refractivity contribution in [2.75, 3.05) is 5.73 Å². The molecule has 2 aromatic rings. The number of anilines is 1. The van der Waals surface area contributed by atoms with Crippen molar-refractivity contribution >= 4 is 42.5 Å². The van der Waals surface area contributed by atoms with Crippen molar-refractivity contribution in [1.29, 1.82) is 0 Å². The zero-order chi connectivity index (χ0) is 8.72. The van der Waals surface area contributed by atoms with E-state index in [2.05, 4.69) is 25.9 Å². The Hall–Kier alpha value is -0.880. The van der Waals surface area contributed by atoms with Gasteiger partial charge in [-0.25, -0.2) is 4.98 Å². The van der Waals surface area contributed by atoms with Crippen molar-refractivity contribution in [3.8, 4) is 0 Å². The summed E-state index contributed by atoms with van der Waals surface area (Å²) in [5.41, 5.74) is 5.43. The number of rotatable bonds is 0. The number of H-pyrrole nitrogens is 1. The number of nitrogens with two attached hydrogens (primary N) is 1. The molecule has 2 aromatic heterocycles. The molecule has 0 radical (unpaired) electrons. The van der Waals surface area contributed by atoms with Crippen LogP contribution in [0.4, 0.5) is 5.00 Å². The second-order valence-corrected chi connectivity index (χ2v) is 4.02. The van der Waals surface area contributed by atoms with Gasteiger partial charge in [-0.2, -0.15) is 0 Å². The standard InChI is InChI=1S/C6H4BrN3OS/c7-3-2-5(11)9-1-10-6(2)12-4(3)8/h1H,8H2,(H,9,10,11). The molecule has 0 spiro atoms. The van der Waals surface area contributed by atoms with E-state index < -0.39 is 0 Å². The molecule has 0 amide bonds. The molecule has 0 saturated carbocycles. The summed E-state index contributed by atoms with van der Waals surface area (Å²) < 4.78 is 0.636. The molecule has 2 heterocycles. The minimum Gasteiger partial charge on any atom is -0.390 e. The number of aromatic amines is 1. The smallest absolute Gasteiger partial charge is 0.260 e. The average molecular weight is 246 g/mol. The zero-order valence-electron chi connectivity index (χ0n) is 5.80. The van der Waals surface area contributed by atoms with E-state index in [1.807, 2.05) is 0 Å². The van der Waals surface area contributed by atoms with Crippen molar-refractivity contribution in [3.63, 3.8) is 0 Å². The molecule has 0 aromatic carbocycles. The first-order valence-corrected chi connectivity index (χ1v) is 4.72. The van der Waals surface area contributed by atoms with Gasteiger partial charge in [-0.05, 0) is 15.9 Å². The van der Waals surface area contributed by atoms with E-state index >= 15 is 0 Å². The van der Waals surface area contributed by atoms with Gasteiger partial charge in [0.1, 0.15) is 9.83 Å². The van der Waals surface area contributed by atoms with Crippen molar-refractivity contribution < 1.29 is 0 Å². The van der Waals surface area contributed by atoms with E-state index in [1.165, 1.54) is 17.7 Å². The molecule has 0 saturated heterocycles. The van der Waals surface area contributed by atoms with Gasteiger partial charge in [-0.1, -0.05) is 11.3 Å². The van der Waals surface area contributed by atoms with E-state index in [0.29, 0.717) is 19.7 Å². The second-order valence-electron chi connectivity index (χ2n) is 2.19. The molecule has 0 aliphatic rings. The van der Waals surface area contributed by atoms with E-state index in [1.54, 1.807) is 0 Å². The Kier molecular flexibility index (Phi) is 1.66. The molecule has 6 heteroatoms. The van der Waals surface area contributed by atoms with E-state index in [4.69, 9.17) is 5.73 Å². The molecule has 0 aliphatic carbocycles. The predicted octanol–water partition coefficient (Wildman–Crippen LogP) is 1.33. The third-order valence-electron chi connectivity index (χ3n) is 1.46. The van der Waals surface area contributed by atoms with Crippen LogP contribution in [0.25, 0.3) is 10.2 Å². The van der Waals surface area contributed by atoms with Gasteiger partial charge in [0.2, 0.25) is 0 Å². The molecule has 0 atom stereocenters. The fourth-order valence-electron chi connectivity index (χ4n) is 0.926. The number of thiophene rings is 1. The van der Waals surface area contributed by atoms with Gasteiger partial charge in [0, 0.05) is 0 Å². The Bertz CT molecular complexity index is 489. The van der Waals surface area contributed by atoms with Crippen LogP contribution in [-0.4, -0.2) is 9.97 Å². The summed E-state index contributed by atoms with van der Waals surface area (Å²) in [7, 11) is 0. The molecule has 0 aliphatic heterocycles. The first-order chi connectivity index (χ1) is 5.70. The maximum Gasteiger partial charge on any atom is 0.260 e. The second kappa shape index (κ2) is 2.56. The van der Waals surface area contributed by atoms with E-state index in [0.717, 1.165) is 0 Å². The van der Waals surface area contributed by atoms with Gasteiger partial charge in [0.25, 0.3) is 5.56 Å². The number of nitrogens with one attached hydrogen (secondary N) is 1. The third kappa shape index (κ3) is 0.953. The lowest BCUT2D eigenvalue weighted by atomic mass is 10.4. The summed E-state index contributed by atoms with van der Waals surface area (Å²) in [5, 5.41) is 1.11. The number of nitrogens with zero attached hydrogens (tertiary/aromatic N) is 1. The van der Waals surface area contributed by atoms with E-state index in [9.17, 15) is 4.79 Å². The summed E-state index contributed by atoms with van der Waals surface area (Å²) in [5.74, 6) is 0. The molecular formula is C6H4BrN3OS. The van der Waals surface area contributed by atoms with Crippen LogP contribution >= 0.6 is 27.3 Å². The first-order valence-electron chi connectivity index (χ1n) is 3.11. The molecule has 0 unspecified atom stereocenters. The molecule has 62 valence electrons. The van der Waals surface area contributed by atoms with Gasteiger partial charge in [-0.15, -0.1) is 0 Å². The Morgan fingerprint density at radius 3 is 3.08 bits per heavy atom. The molecule has 4 nitrogen and oxygen atoms in total. The summed E-state index contributed by atoms with van der Waals surface area (Å²) in [6.45, 7) is 0. The highest BCUT2D eigenvalue weighted by atomic mass is 79.9. The number of aromatic nitrogens is 2. The molecule has 0 bridgehead atoms. The van der Waals surface area contributed by atoms with Crippen LogP contribution in [0.5, 0.6) is 0 Å². The summed E-state index contributed by atoms with van der Waals surface area (Å²) in [6.07, 6.45) is 1.37. The fourth-order valence-corrected chi connectivity index (χ4v) is 2.47. The molecular weight excluding hydrogens is 242 g/mol. The molecule has 2 rings (SSSR count). The SMILES string of the molecule is Nc1sc2nc[nH]c(=O)c2c1Br. The Morgan fingerprint density at radius 2 is 2.42 bits per heavy atom. The van der Waals surface area contributed by atoms with Gasteiger partial charge in [0.05, 0.1) is 16.2 Å². The lowest BCUT2D eigenvalue weighted by Crippen LogP contribution is -2.04. The summed E-state index contributed by atoms with van der Waals surface area (Å²) >= 11 is 4.52. The molecule has 3 N–H and O–H groups in total. The quantitative estimate of drug-likeness (QED) is 0.736. The normalized spacial score (nSPS) is 10.8. The largest absolute Gasteiger partial charge is 0.390 e. The maximum atomic E-state index is 11.2. The number of nitrogen functional groups attached to an aromatic ring is 1. The van der Waals surface area contributed by atoms with E-state index in [-0.39, 0.29) is 5.56 Å². The minimum absolute atomic E-state index is 0.167. The van der Waals surface area contributed by atoms with Crippen molar-refractivity contribution in [3.05, 3.63) is 21.2 Å². The molecule has 0 fully saturated rings. The summed E-state index contributed by atoms with van der Waals surface area (Å²) in [4.78, 5) is 18.4. The van der Waals surface area contributed by atoms with Gasteiger partial charge in [-0.3, -0.25) is 4.79 Å². The number of halogens is 1. The van der Waals surface area contributed by atoms with Crippen LogP contribution in [0, 0.1) is 0 Å². The van der Waals surface area contributed by atoms with Gasteiger partial charge in [0.15, 0.2) is 0 Å². The van der Waals surface area contributed by atoms with Gasteiger partial charge < -0.3 is 10.7 Å². The average Bonchev–Trinajstić information content (AvgIpc) is 2.29. The first kappa shape index (κ1) is 7.75. The van der Waals surface area contributed by atoms with Crippen molar-refractivity contribution in [2.24, 2.45) is 0 Å². The topological polar surface area (TPSA) is 71.8 Å². The Labute approximate surface area is 79.6 Å². The third-order valence-corrected chi connectivity index (χ3v) is 3.47. The van der Waals surface area contributed by atoms with Crippen molar-refractivity contribution in [1.82, 2.24) is 9.97 Å².